The van der Waals surface area contributed by atoms with E-state index in [9.17, 15) is 18.0 Å². The Hall–Kier alpha value is -2.78. The van der Waals surface area contributed by atoms with Gasteiger partial charge in [-0.15, -0.1) is 0 Å². The summed E-state index contributed by atoms with van der Waals surface area (Å²) in [4.78, 5) is 28.5. The maximum Gasteiger partial charge on any atom is 0.309 e. The van der Waals surface area contributed by atoms with Crippen LogP contribution in [0.2, 0.25) is 0 Å². The summed E-state index contributed by atoms with van der Waals surface area (Å²) in [6, 6.07) is 10.2. The normalized spacial score (nSPS) is 16.9. The second-order valence-corrected chi connectivity index (χ2v) is 9.25. The van der Waals surface area contributed by atoms with Crippen LogP contribution in [0.15, 0.2) is 47.5 Å². The number of hydrogen-bond acceptors (Lipinski definition) is 5. The van der Waals surface area contributed by atoms with Crippen LogP contribution in [0, 0.1) is 13.8 Å². The maximum atomic E-state index is 13.2. The minimum atomic E-state index is -3.68. The molecule has 1 aromatic carbocycles. The van der Waals surface area contributed by atoms with Crippen LogP contribution in [0.1, 0.15) is 29.7 Å². The average molecular weight is 431 g/mol. The topological polar surface area (TPSA) is 108 Å². The monoisotopic (exact) mass is 430 g/mol. The summed E-state index contributed by atoms with van der Waals surface area (Å²) in [6.07, 6.45) is 2.93. The quantitative estimate of drug-likeness (QED) is 0.671. The molecule has 30 heavy (non-hydrogen) atoms. The van der Waals surface area contributed by atoms with Gasteiger partial charge in [-0.1, -0.05) is 18.2 Å². The van der Waals surface area contributed by atoms with Crippen LogP contribution in [0.3, 0.4) is 0 Å². The lowest BCUT2D eigenvalue weighted by Gasteiger charge is -2.25. The van der Waals surface area contributed by atoms with Gasteiger partial charge in [0, 0.05) is 25.3 Å². The molecule has 2 aromatic rings. The Labute approximate surface area is 176 Å². The average Bonchev–Trinajstić information content (AvgIpc) is 3.22. The van der Waals surface area contributed by atoms with Gasteiger partial charge in [-0.3, -0.25) is 14.6 Å². The van der Waals surface area contributed by atoms with Gasteiger partial charge in [-0.2, -0.15) is 4.31 Å². The number of nitrogens with one attached hydrogen (secondary N) is 2. The molecule has 0 saturated carbocycles. The molecule has 1 atom stereocenters. The van der Waals surface area contributed by atoms with Gasteiger partial charge in [0.25, 0.3) is 0 Å². The minimum absolute atomic E-state index is 0.0833. The van der Waals surface area contributed by atoms with Crippen LogP contribution >= 0.6 is 0 Å². The van der Waals surface area contributed by atoms with Crippen molar-refractivity contribution in [1.82, 2.24) is 19.9 Å². The Morgan fingerprint density at radius 1 is 1.13 bits per heavy atom. The summed E-state index contributed by atoms with van der Waals surface area (Å²) < 4.78 is 27.8. The van der Waals surface area contributed by atoms with Gasteiger partial charge in [0.1, 0.15) is 0 Å². The van der Waals surface area contributed by atoms with Gasteiger partial charge < -0.3 is 10.6 Å². The van der Waals surface area contributed by atoms with Gasteiger partial charge >= 0.3 is 11.8 Å². The summed E-state index contributed by atoms with van der Waals surface area (Å²) in [6.45, 7) is 4.24. The Bertz CT molecular complexity index is 1020. The van der Waals surface area contributed by atoms with Crippen molar-refractivity contribution in [3.63, 3.8) is 0 Å². The molecule has 2 heterocycles. The van der Waals surface area contributed by atoms with Crippen molar-refractivity contribution in [2.24, 2.45) is 0 Å². The number of hydrogen-bond donors (Lipinski definition) is 2. The van der Waals surface area contributed by atoms with E-state index in [2.05, 4.69) is 15.6 Å². The smallest absolute Gasteiger partial charge is 0.309 e. The molecular weight excluding hydrogens is 404 g/mol. The molecule has 9 heteroatoms. The zero-order valence-corrected chi connectivity index (χ0v) is 17.9. The molecule has 0 spiro atoms. The number of benzene rings is 1. The molecule has 1 aliphatic rings. The summed E-state index contributed by atoms with van der Waals surface area (Å²) in [5.74, 6) is -1.57. The Balaban J connectivity index is 1.60. The first-order valence-electron chi connectivity index (χ1n) is 9.84. The van der Waals surface area contributed by atoms with Gasteiger partial charge in [-0.05, 0) is 56.0 Å². The fourth-order valence-electron chi connectivity index (χ4n) is 3.49. The molecule has 1 aliphatic heterocycles. The zero-order chi connectivity index (χ0) is 21.7. The van der Waals surface area contributed by atoms with E-state index < -0.39 is 21.8 Å². The van der Waals surface area contributed by atoms with Gasteiger partial charge in [-0.25, -0.2) is 8.42 Å². The lowest BCUT2D eigenvalue weighted by molar-refractivity contribution is -0.139. The molecule has 2 amide bonds. The van der Waals surface area contributed by atoms with Crippen LogP contribution in [0.5, 0.6) is 0 Å². The molecule has 1 aromatic heterocycles. The summed E-state index contributed by atoms with van der Waals surface area (Å²) in [5.41, 5.74) is 2.19. The zero-order valence-electron chi connectivity index (χ0n) is 17.1. The van der Waals surface area contributed by atoms with Crippen molar-refractivity contribution in [2.45, 2.75) is 44.2 Å². The van der Waals surface area contributed by atoms with Crippen molar-refractivity contribution in [3.05, 3.63) is 59.4 Å². The fraction of sp³-hybridized carbons (Fsp3) is 0.381. The predicted octanol–water partition coefficient (Wildman–Crippen LogP) is 1.28. The van der Waals surface area contributed by atoms with E-state index in [0.717, 1.165) is 5.56 Å². The second kappa shape index (κ2) is 9.36. The van der Waals surface area contributed by atoms with Gasteiger partial charge in [0.05, 0.1) is 17.1 Å². The van der Waals surface area contributed by atoms with Crippen LogP contribution < -0.4 is 10.6 Å². The lowest BCUT2D eigenvalue weighted by Crippen LogP contribution is -2.47. The van der Waals surface area contributed by atoms with Crippen LogP contribution in [-0.2, 0) is 26.2 Å². The van der Waals surface area contributed by atoms with Gasteiger partial charge in [0.2, 0.25) is 10.0 Å². The van der Waals surface area contributed by atoms with Crippen molar-refractivity contribution >= 4 is 21.8 Å². The number of pyridine rings is 1. The molecule has 0 bridgehead atoms. The third-order valence-electron chi connectivity index (χ3n) is 5.11. The van der Waals surface area contributed by atoms with Crippen molar-refractivity contribution in [1.29, 1.82) is 0 Å². The molecule has 0 aliphatic carbocycles. The summed E-state index contributed by atoms with van der Waals surface area (Å²) in [7, 11) is -3.68. The third kappa shape index (κ3) is 5.03. The molecular formula is C21H26N4O4S. The van der Waals surface area contributed by atoms with Gasteiger partial charge in [0.15, 0.2) is 0 Å². The molecule has 0 unspecified atom stereocenters. The number of nitrogens with zero attached hydrogens (tertiary/aromatic N) is 2. The second-order valence-electron chi connectivity index (χ2n) is 7.39. The maximum absolute atomic E-state index is 13.2. The highest BCUT2D eigenvalue weighted by Crippen LogP contribution is 2.28. The minimum Gasteiger partial charge on any atom is -0.346 e. The van der Waals surface area contributed by atoms with Crippen molar-refractivity contribution < 1.29 is 18.0 Å². The van der Waals surface area contributed by atoms with Crippen LogP contribution in [-0.4, -0.2) is 48.7 Å². The Morgan fingerprint density at radius 2 is 1.90 bits per heavy atom. The molecule has 160 valence electrons. The van der Waals surface area contributed by atoms with E-state index in [1.54, 1.807) is 43.5 Å². The molecule has 0 radical (unpaired) electrons. The highest BCUT2D eigenvalue weighted by Gasteiger charge is 2.36. The molecule has 2 N–H and O–H groups in total. The number of aryl methyl sites for hydroxylation is 2. The largest absolute Gasteiger partial charge is 0.346 e. The van der Waals surface area contributed by atoms with E-state index in [1.165, 1.54) is 4.31 Å². The molecule has 8 nitrogen and oxygen atoms in total. The fourth-order valence-corrected chi connectivity index (χ4v) is 5.49. The highest BCUT2D eigenvalue weighted by molar-refractivity contribution is 7.89. The van der Waals surface area contributed by atoms with E-state index in [1.807, 2.05) is 13.0 Å². The van der Waals surface area contributed by atoms with E-state index in [0.29, 0.717) is 30.6 Å². The Morgan fingerprint density at radius 3 is 2.63 bits per heavy atom. The van der Waals surface area contributed by atoms with E-state index >= 15 is 0 Å². The first kappa shape index (κ1) is 21.9. The molecule has 1 fully saturated rings. The summed E-state index contributed by atoms with van der Waals surface area (Å²) in [5, 5.41) is 5.07. The summed E-state index contributed by atoms with van der Waals surface area (Å²) >= 11 is 0. The number of carbonyl (C=O) groups is 2. The van der Waals surface area contributed by atoms with Crippen LogP contribution in [0.25, 0.3) is 0 Å². The molecule has 3 rings (SSSR count). The standard InChI is InChI=1S/C21H26N4O4S/c1-15-8-9-16(2)19(12-15)30(28,29)25-11-5-7-18(25)14-24-21(27)20(26)23-13-17-6-3-4-10-22-17/h3-4,6,8-10,12,18H,5,7,11,13-14H2,1-2H3,(H,23,26)(H,24,27)/t18-/m1/s1. The van der Waals surface area contributed by atoms with E-state index in [4.69, 9.17) is 0 Å². The lowest BCUT2D eigenvalue weighted by atomic mass is 10.2. The third-order valence-corrected chi connectivity index (χ3v) is 7.21. The first-order valence-corrected chi connectivity index (χ1v) is 11.3. The number of rotatable bonds is 6. The first-order chi connectivity index (χ1) is 14.3. The highest BCUT2D eigenvalue weighted by atomic mass is 32.2. The Kier molecular flexibility index (Phi) is 6.84. The SMILES string of the molecule is Cc1ccc(C)c(S(=O)(=O)N2CCC[C@@H]2CNC(=O)C(=O)NCc2ccccn2)c1. The van der Waals surface area contributed by atoms with Crippen molar-refractivity contribution in [2.75, 3.05) is 13.1 Å². The van der Waals surface area contributed by atoms with Crippen LogP contribution in [0.4, 0.5) is 0 Å². The molecule has 1 saturated heterocycles. The van der Waals surface area contributed by atoms with E-state index in [-0.39, 0.29) is 24.0 Å². The number of aromatic nitrogens is 1. The number of carbonyl (C=O) groups excluding carboxylic acids is 2. The predicted molar refractivity (Wildman–Crippen MR) is 112 cm³/mol. The number of sulfonamides is 1. The van der Waals surface area contributed by atoms with Crippen molar-refractivity contribution in [3.8, 4) is 0 Å². The number of amides is 2.